The average molecular weight is 289 g/mol. The minimum absolute atomic E-state index is 0.108. The second-order valence-corrected chi connectivity index (χ2v) is 6.28. The number of rotatable bonds is 2. The molecule has 0 unspecified atom stereocenters. The van der Waals surface area contributed by atoms with Crippen LogP contribution < -0.4 is 15.5 Å². The molecule has 1 heterocycles. The fourth-order valence-electron chi connectivity index (χ4n) is 2.41. The molecule has 5 heteroatoms. The number of nitrogens with zero attached hydrogens (tertiary/aromatic N) is 1. The predicted octanol–water partition coefficient (Wildman–Crippen LogP) is 2.76. The monoisotopic (exact) mass is 289 g/mol. The fourth-order valence-corrected chi connectivity index (χ4v) is 2.41. The summed E-state index contributed by atoms with van der Waals surface area (Å²) in [7, 11) is 0. The molecular formula is C16H23N3O2. The van der Waals surface area contributed by atoms with Gasteiger partial charge < -0.3 is 15.5 Å². The molecule has 0 fully saturated rings. The predicted molar refractivity (Wildman–Crippen MR) is 84.6 cm³/mol. The molecule has 0 radical (unpaired) electrons. The molecule has 21 heavy (non-hydrogen) atoms. The van der Waals surface area contributed by atoms with Crippen molar-refractivity contribution in [3.05, 3.63) is 23.8 Å². The Morgan fingerprint density at radius 2 is 2.00 bits per heavy atom. The summed E-state index contributed by atoms with van der Waals surface area (Å²) in [6.45, 7) is 8.91. The largest absolute Gasteiger partial charge is 0.338 e. The van der Waals surface area contributed by atoms with Gasteiger partial charge in [0.25, 0.3) is 0 Å². The third-order valence-corrected chi connectivity index (χ3v) is 3.46. The van der Waals surface area contributed by atoms with E-state index in [0.717, 1.165) is 17.7 Å². The highest BCUT2D eigenvalue weighted by Gasteiger charge is 2.32. The molecule has 0 aliphatic carbocycles. The number of hydrogen-bond acceptors (Lipinski definition) is 2. The lowest BCUT2D eigenvalue weighted by Crippen LogP contribution is -2.38. The summed E-state index contributed by atoms with van der Waals surface area (Å²) in [5.74, 6) is 0.108. The molecule has 114 valence electrons. The van der Waals surface area contributed by atoms with Crippen LogP contribution in [0.25, 0.3) is 0 Å². The molecule has 1 aliphatic rings. The quantitative estimate of drug-likeness (QED) is 0.879. The van der Waals surface area contributed by atoms with Crippen LogP contribution in [0.5, 0.6) is 0 Å². The highest BCUT2D eigenvalue weighted by Crippen LogP contribution is 2.33. The first-order valence-electron chi connectivity index (χ1n) is 7.32. The zero-order valence-corrected chi connectivity index (χ0v) is 13.1. The van der Waals surface area contributed by atoms with Crippen LogP contribution in [0.3, 0.4) is 0 Å². The minimum Gasteiger partial charge on any atom is -0.338 e. The van der Waals surface area contributed by atoms with Gasteiger partial charge in [-0.1, -0.05) is 26.8 Å². The van der Waals surface area contributed by atoms with Gasteiger partial charge in [-0.25, -0.2) is 4.79 Å². The SMILES string of the molecule is CCNC(=O)Nc1ccc2c(c1)N(C(=O)C(C)(C)C)CC2. The van der Waals surface area contributed by atoms with Crippen molar-refractivity contribution in [3.8, 4) is 0 Å². The van der Waals surface area contributed by atoms with E-state index in [0.29, 0.717) is 18.8 Å². The third-order valence-electron chi connectivity index (χ3n) is 3.46. The Hall–Kier alpha value is -2.04. The number of nitrogens with one attached hydrogen (secondary N) is 2. The molecular weight excluding hydrogens is 266 g/mol. The van der Waals surface area contributed by atoms with Crippen LogP contribution in [-0.4, -0.2) is 25.0 Å². The van der Waals surface area contributed by atoms with Crippen LogP contribution in [0, 0.1) is 5.41 Å². The van der Waals surface area contributed by atoms with Crippen molar-refractivity contribution >= 4 is 23.3 Å². The van der Waals surface area contributed by atoms with Crippen LogP contribution in [-0.2, 0) is 11.2 Å². The second-order valence-electron chi connectivity index (χ2n) is 6.28. The maximum Gasteiger partial charge on any atom is 0.319 e. The Balaban J connectivity index is 2.23. The van der Waals surface area contributed by atoms with E-state index in [4.69, 9.17) is 0 Å². The molecule has 2 N–H and O–H groups in total. The normalized spacial score (nSPS) is 13.8. The summed E-state index contributed by atoms with van der Waals surface area (Å²) in [6.07, 6.45) is 0.860. The van der Waals surface area contributed by atoms with Crippen LogP contribution in [0.4, 0.5) is 16.2 Å². The minimum atomic E-state index is -0.412. The lowest BCUT2D eigenvalue weighted by atomic mass is 9.94. The number of urea groups is 1. The lowest BCUT2D eigenvalue weighted by Gasteiger charge is -2.26. The second kappa shape index (κ2) is 5.76. The number of carbonyl (C=O) groups excluding carboxylic acids is 2. The van der Waals surface area contributed by atoms with Crippen LogP contribution >= 0.6 is 0 Å². The Kier molecular flexibility index (Phi) is 4.21. The zero-order chi connectivity index (χ0) is 15.6. The molecule has 0 saturated carbocycles. The Morgan fingerprint density at radius 1 is 1.29 bits per heavy atom. The van der Waals surface area contributed by atoms with E-state index in [1.54, 1.807) is 0 Å². The third kappa shape index (κ3) is 3.35. The van der Waals surface area contributed by atoms with E-state index in [1.807, 2.05) is 50.8 Å². The van der Waals surface area contributed by atoms with Crippen molar-refractivity contribution in [3.63, 3.8) is 0 Å². The molecule has 0 spiro atoms. The highest BCUT2D eigenvalue weighted by atomic mass is 16.2. The van der Waals surface area contributed by atoms with Crippen molar-refractivity contribution in [2.75, 3.05) is 23.3 Å². The van der Waals surface area contributed by atoms with Gasteiger partial charge in [-0.2, -0.15) is 0 Å². The van der Waals surface area contributed by atoms with E-state index in [2.05, 4.69) is 10.6 Å². The number of fused-ring (bicyclic) bond motifs is 1. The topological polar surface area (TPSA) is 61.4 Å². The first kappa shape index (κ1) is 15.4. The standard InChI is InChI=1S/C16H23N3O2/c1-5-17-15(21)18-12-7-6-11-8-9-19(13(11)10-12)14(20)16(2,3)4/h6-7,10H,5,8-9H2,1-4H3,(H2,17,18,21). The summed E-state index contributed by atoms with van der Waals surface area (Å²) >= 11 is 0. The molecule has 1 aromatic carbocycles. The van der Waals surface area contributed by atoms with E-state index < -0.39 is 5.41 Å². The van der Waals surface area contributed by atoms with Crippen molar-refractivity contribution in [1.29, 1.82) is 0 Å². The van der Waals surface area contributed by atoms with Crippen LogP contribution in [0.1, 0.15) is 33.3 Å². The van der Waals surface area contributed by atoms with Crippen molar-refractivity contribution in [2.45, 2.75) is 34.1 Å². The van der Waals surface area contributed by atoms with E-state index in [1.165, 1.54) is 0 Å². The van der Waals surface area contributed by atoms with Gasteiger partial charge in [0.15, 0.2) is 0 Å². The maximum atomic E-state index is 12.5. The number of anilines is 2. The zero-order valence-electron chi connectivity index (χ0n) is 13.1. The van der Waals surface area contributed by atoms with E-state index >= 15 is 0 Å². The van der Waals surface area contributed by atoms with Gasteiger partial charge >= 0.3 is 6.03 Å². The van der Waals surface area contributed by atoms with Crippen LogP contribution in [0.2, 0.25) is 0 Å². The number of amides is 3. The molecule has 0 saturated heterocycles. The van der Waals surface area contributed by atoms with Gasteiger partial charge in [0.2, 0.25) is 5.91 Å². The van der Waals surface area contributed by atoms with E-state index in [-0.39, 0.29) is 11.9 Å². The fraction of sp³-hybridized carbons (Fsp3) is 0.500. The summed E-state index contributed by atoms with van der Waals surface area (Å²) in [5, 5.41) is 5.47. The Bertz CT molecular complexity index is 561. The number of benzene rings is 1. The molecule has 0 bridgehead atoms. The molecule has 1 aliphatic heterocycles. The summed E-state index contributed by atoms with van der Waals surface area (Å²) < 4.78 is 0. The molecule has 5 nitrogen and oxygen atoms in total. The van der Waals surface area contributed by atoms with Gasteiger partial charge in [-0.15, -0.1) is 0 Å². The van der Waals surface area contributed by atoms with Gasteiger partial charge in [0, 0.05) is 29.9 Å². The smallest absolute Gasteiger partial charge is 0.319 e. The van der Waals surface area contributed by atoms with Crippen LogP contribution in [0.15, 0.2) is 18.2 Å². The summed E-state index contributed by atoms with van der Waals surface area (Å²) in [5.41, 5.74) is 2.34. The first-order valence-corrected chi connectivity index (χ1v) is 7.32. The van der Waals surface area contributed by atoms with Gasteiger partial charge in [-0.3, -0.25) is 4.79 Å². The van der Waals surface area contributed by atoms with Gasteiger partial charge in [0.05, 0.1) is 0 Å². The number of hydrogen-bond donors (Lipinski definition) is 2. The average Bonchev–Trinajstić information content (AvgIpc) is 2.79. The van der Waals surface area contributed by atoms with Gasteiger partial charge in [-0.05, 0) is 31.0 Å². The summed E-state index contributed by atoms with van der Waals surface area (Å²) in [4.78, 5) is 25.9. The molecule has 2 rings (SSSR count). The molecule has 0 atom stereocenters. The lowest BCUT2D eigenvalue weighted by molar-refractivity contribution is -0.125. The number of carbonyl (C=O) groups is 2. The van der Waals surface area contributed by atoms with Crippen molar-refractivity contribution in [1.82, 2.24) is 5.32 Å². The highest BCUT2D eigenvalue weighted by molar-refractivity contribution is 6.00. The molecule has 3 amide bonds. The Morgan fingerprint density at radius 3 is 2.62 bits per heavy atom. The first-order chi connectivity index (χ1) is 9.82. The molecule has 0 aromatic heterocycles. The maximum absolute atomic E-state index is 12.5. The molecule has 1 aromatic rings. The summed E-state index contributed by atoms with van der Waals surface area (Å²) in [6, 6.07) is 5.50. The Labute approximate surface area is 125 Å². The van der Waals surface area contributed by atoms with E-state index in [9.17, 15) is 9.59 Å². The van der Waals surface area contributed by atoms with Crippen molar-refractivity contribution < 1.29 is 9.59 Å². The van der Waals surface area contributed by atoms with Crippen molar-refractivity contribution in [2.24, 2.45) is 5.41 Å². The van der Waals surface area contributed by atoms with Gasteiger partial charge in [0.1, 0.15) is 0 Å².